The van der Waals surface area contributed by atoms with Crippen molar-refractivity contribution < 1.29 is 22.7 Å². The zero-order valence-electron chi connectivity index (χ0n) is 20.9. The van der Waals surface area contributed by atoms with E-state index < -0.39 is 22.0 Å². The average molecular weight is 547 g/mol. The van der Waals surface area contributed by atoms with Gasteiger partial charge in [0.15, 0.2) is 0 Å². The van der Waals surface area contributed by atoms with Gasteiger partial charge in [-0.15, -0.1) is 0 Å². The molecule has 2 heterocycles. The number of rotatable bonds is 7. The van der Waals surface area contributed by atoms with Crippen LogP contribution in [0.5, 0.6) is 0 Å². The number of carbonyl (C=O) groups is 2. The topological polar surface area (TPSA) is 99.3 Å². The van der Waals surface area contributed by atoms with Gasteiger partial charge in [-0.25, -0.2) is 18.0 Å². The van der Waals surface area contributed by atoms with Crippen molar-refractivity contribution >= 4 is 33.6 Å². The van der Waals surface area contributed by atoms with Gasteiger partial charge in [0.25, 0.3) is 0 Å². The fourth-order valence-electron chi connectivity index (χ4n) is 4.61. The summed E-state index contributed by atoms with van der Waals surface area (Å²) in [4.78, 5) is 29.8. The van der Waals surface area contributed by atoms with Crippen molar-refractivity contribution in [1.82, 2.24) is 19.4 Å². The number of carbonyl (C=O) groups excluding carboxylic acids is 2. The molecule has 2 aromatic rings. The Kier molecular flexibility index (Phi) is 8.53. The van der Waals surface area contributed by atoms with Crippen LogP contribution in [0.3, 0.4) is 0 Å². The molecule has 9 nitrogen and oxygen atoms in total. The van der Waals surface area contributed by atoms with Crippen molar-refractivity contribution in [2.24, 2.45) is 0 Å². The van der Waals surface area contributed by atoms with E-state index in [1.807, 2.05) is 30.3 Å². The lowest BCUT2D eigenvalue weighted by molar-refractivity contribution is -0.139. The largest absolute Gasteiger partial charge is 0.463 e. The maximum Gasteiger partial charge on any atom is 0.338 e. The quantitative estimate of drug-likeness (QED) is 0.535. The molecule has 1 saturated heterocycles. The fraction of sp³-hybridized carbons (Fsp3) is 0.385. The Bertz CT molecular complexity index is 1270. The third-order valence-corrected chi connectivity index (χ3v) is 8.74. The highest BCUT2D eigenvalue weighted by Gasteiger charge is 2.37. The molecular weight excluding hydrogens is 516 g/mol. The average Bonchev–Trinajstić information content (AvgIpc) is 3.13. The molecule has 37 heavy (non-hydrogen) atoms. The first kappa shape index (κ1) is 27.1. The lowest BCUT2D eigenvalue weighted by atomic mass is 9.94. The van der Waals surface area contributed by atoms with Crippen LogP contribution in [0.15, 0.2) is 70.8 Å². The second-order valence-corrected chi connectivity index (χ2v) is 11.3. The number of nitrogens with one attached hydrogen (secondary N) is 1. The van der Waals surface area contributed by atoms with Gasteiger partial charge in [-0.05, 0) is 49.7 Å². The Hall–Kier alpha value is -2.92. The number of sulfonamides is 1. The predicted molar refractivity (Wildman–Crippen MR) is 140 cm³/mol. The first-order valence-electron chi connectivity index (χ1n) is 12.2. The van der Waals surface area contributed by atoms with E-state index in [2.05, 4.69) is 10.2 Å². The Labute approximate surface area is 222 Å². The molecule has 0 saturated carbocycles. The number of halogens is 1. The van der Waals surface area contributed by atoms with E-state index in [0.717, 1.165) is 5.56 Å². The highest BCUT2D eigenvalue weighted by atomic mass is 35.5. The van der Waals surface area contributed by atoms with Crippen LogP contribution in [0.4, 0.5) is 4.79 Å². The van der Waals surface area contributed by atoms with Gasteiger partial charge < -0.3 is 10.1 Å². The summed E-state index contributed by atoms with van der Waals surface area (Å²) in [6, 6.07) is 14.5. The molecule has 0 radical (unpaired) electrons. The zero-order valence-corrected chi connectivity index (χ0v) is 22.5. The van der Waals surface area contributed by atoms with Crippen LogP contribution in [0, 0.1) is 0 Å². The maximum absolute atomic E-state index is 13.2. The molecule has 0 unspecified atom stereocenters. The Balaban J connectivity index is 1.60. The number of esters is 1. The van der Waals surface area contributed by atoms with E-state index in [4.69, 9.17) is 16.3 Å². The number of ether oxygens (including phenoxy) is 1. The van der Waals surface area contributed by atoms with Crippen LogP contribution < -0.4 is 5.32 Å². The zero-order chi connectivity index (χ0) is 26.6. The molecular formula is C26H31ClN4O5S. The Morgan fingerprint density at radius 1 is 1.05 bits per heavy atom. The van der Waals surface area contributed by atoms with E-state index in [0.29, 0.717) is 48.9 Å². The van der Waals surface area contributed by atoms with Crippen LogP contribution in [-0.4, -0.2) is 80.9 Å². The van der Waals surface area contributed by atoms with E-state index in [9.17, 15) is 18.0 Å². The monoisotopic (exact) mass is 546 g/mol. The van der Waals surface area contributed by atoms with E-state index >= 15 is 0 Å². The molecule has 2 aliphatic rings. The molecule has 0 aliphatic carbocycles. The number of urea groups is 1. The van der Waals surface area contributed by atoms with Crippen LogP contribution in [0.25, 0.3) is 0 Å². The molecule has 4 rings (SSSR count). The standard InChI is InChI=1S/C26H31ClN4O5S/c1-3-36-25(32)23-22(29(2)26(33)28-24(23)19-8-5-4-6-9-19)18-30-14-7-15-31(17-16-30)37(34,35)21-12-10-20(27)11-13-21/h4-6,8-13,24H,3,7,14-18H2,1-2H3,(H,28,33)/t24-/m0/s1. The molecule has 1 fully saturated rings. The van der Waals surface area contributed by atoms with Crippen molar-refractivity contribution in [2.75, 3.05) is 46.4 Å². The predicted octanol–water partition coefficient (Wildman–Crippen LogP) is 3.25. The number of benzene rings is 2. The number of hydrogen-bond acceptors (Lipinski definition) is 6. The van der Waals surface area contributed by atoms with Crippen LogP contribution in [-0.2, 0) is 19.6 Å². The summed E-state index contributed by atoms with van der Waals surface area (Å²) in [6.45, 7) is 3.95. The normalized spacial score (nSPS) is 19.9. The molecule has 0 bridgehead atoms. The summed E-state index contributed by atoms with van der Waals surface area (Å²) in [5, 5.41) is 3.39. The second kappa shape index (κ2) is 11.6. The van der Waals surface area contributed by atoms with Crippen molar-refractivity contribution in [3.8, 4) is 0 Å². The number of hydrogen-bond donors (Lipinski definition) is 1. The summed E-state index contributed by atoms with van der Waals surface area (Å²) in [7, 11) is -2.04. The smallest absolute Gasteiger partial charge is 0.338 e. The van der Waals surface area contributed by atoms with Crippen LogP contribution >= 0.6 is 11.6 Å². The SMILES string of the molecule is CCOC(=O)C1=C(CN2CCCN(S(=O)(=O)c3ccc(Cl)cc3)CC2)N(C)C(=O)N[C@H]1c1ccccc1. The molecule has 2 amide bonds. The first-order valence-corrected chi connectivity index (χ1v) is 14.0. The van der Waals surface area contributed by atoms with Gasteiger partial charge in [0.1, 0.15) is 0 Å². The van der Waals surface area contributed by atoms with Gasteiger partial charge in [-0.1, -0.05) is 41.9 Å². The number of likely N-dealkylation sites (N-methyl/N-ethyl adjacent to an activating group) is 1. The molecule has 1 atom stereocenters. The Morgan fingerprint density at radius 2 is 1.76 bits per heavy atom. The van der Waals surface area contributed by atoms with Gasteiger partial charge in [0.05, 0.1) is 23.1 Å². The summed E-state index contributed by atoms with van der Waals surface area (Å²) < 4.78 is 33.2. The summed E-state index contributed by atoms with van der Waals surface area (Å²) >= 11 is 5.93. The summed E-state index contributed by atoms with van der Waals surface area (Å²) in [5.74, 6) is -0.486. The van der Waals surface area contributed by atoms with E-state index in [1.165, 1.54) is 21.3 Å². The van der Waals surface area contributed by atoms with Gasteiger partial charge in [-0.2, -0.15) is 4.31 Å². The first-order chi connectivity index (χ1) is 17.7. The van der Waals surface area contributed by atoms with Crippen LogP contribution in [0.2, 0.25) is 5.02 Å². The minimum atomic E-state index is -3.67. The van der Waals surface area contributed by atoms with Gasteiger partial charge >= 0.3 is 12.0 Å². The molecule has 2 aliphatic heterocycles. The summed E-state index contributed by atoms with van der Waals surface area (Å²) in [6.07, 6.45) is 0.604. The number of nitrogens with zero attached hydrogens (tertiary/aromatic N) is 3. The Morgan fingerprint density at radius 3 is 2.43 bits per heavy atom. The lowest BCUT2D eigenvalue weighted by Gasteiger charge is -2.36. The third-order valence-electron chi connectivity index (χ3n) is 6.58. The molecule has 0 spiro atoms. The van der Waals surface area contributed by atoms with Crippen molar-refractivity contribution in [3.05, 3.63) is 76.5 Å². The van der Waals surface area contributed by atoms with Gasteiger partial charge in [0.2, 0.25) is 10.0 Å². The minimum absolute atomic E-state index is 0.201. The highest BCUT2D eigenvalue weighted by molar-refractivity contribution is 7.89. The fourth-order valence-corrected chi connectivity index (χ4v) is 6.20. The van der Waals surface area contributed by atoms with Crippen LogP contribution in [0.1, 0.15) is 24.9 Å². The summed E-state index contributed by atoms with van der Waals surface area (Å²) in [5.41, 5.74) is 1.70. The molecule has 1 N–H and O–H groups in total. The molecule has 0 aromatic heterocycles. The highest BCUT2D eigenvalue weighted by Crippen LogP contribution is 2.31. The molecule has 198 valence electrons. The minimum Gasteiger partial charge on any atom is -0.463 e. The number of amides is 2. The second-order valence-electron chi connectivity index (χ2n) is 8.92. The molecule has 2 aromatic carbocycles. The van der Waals surface area contributed by atoms with E-state index in [-0.39, 0.29) is 24.1 Å². The lowest BCUT2D eigenvalue weighted by Crippen LogP contribution is -2.49. The van der Waals surface area contributed by atoms with Gasteiger partial charge in [0, 0.05) is 43.9 Å². The maximum atomic E-state index is 13.2. The third kappa shape index (κ3) is 5.98. The van der Waals surface area contributed by atoms with Crippen molar-refractivity contribution in [3.63, 3.8) is 0 Å². The van der Waals surface area contributed by atoms with E-state index in [1.54, 1.807) is 26.1 Å². The van der Waals surface area contributed by atoms with Crippen molar-refractivity contribution in [2.45, 2.75) is 24.3 Å². The van der Waals surface area contributed by atoms with Gasteiger partial charge in [-0.3, -0.25) is 9.80 Å². The molecule has 11 heteroatoms. The van der Waals surface area contributed by atoms with Crippen molar-refractivity contribution in [1.29, 1.82) is 0 Å².